The first kappa shape index (κ1) is 16.6. The molecule has 2 aromatic rings. The first-order valence-electron chi connectivity index (χ1n) is 8.59. The molecule has 1 aliphatic carbocycles. The normalized spacial score (nSPS) is 16.2. The minimum Gasteiger partial charge on any atom is -0.467 e. The average molecular weight is 328 g/mol. The molecule has 5 nitrogen and oxygen atoms in total. The number of esters is 1. The Labute approximate surface area is 141 Å². The highest BCUT2D eigenvalue weighted by Crippen LogP contribution is 2.27. The van der Waals surface area contributed by atoms with Gasteiger partial charge in [0.1, 0.15) is 6.04 Å². The summed E-state index contributed by atoms with van der Waals surface area (Å²) < 4.78 is 4.88. The molecule has 1 aromatic carbocycles. The molecule has 3 rings (SSSR count). The van der Waals surface area contributed by atoms with Crippen molar-refractivity contribution in [3.63, 3.8) is 0 Å². The SMILES string of the molecule is COC(=O)C(Cc1c[nH]c2ccccc12)NC(=O)CC1CCCC1. The third-order valence-electron chi connectivity index (χ3n) is 4.87. The van der Waals surface area contributed by atoms with Crippen LogP contribution in [0.3, 0.4) is 0 Å². The molecule has 0 aliphatic heterocycles. The average Bonchev–Trinajstić information content (AvgIpc) is 3.23. The van der Waals surface area contributed by atoms with Crippen molar-refractivity contribution >= 4 is 22.8 Å². The van der Waals surface area contributed by atoms with Crippen molar-refractivity contribution in [1.82, 2.24) is 10.3 Å². The molecule has 24 heavy (non-hydrogen) atoms. The standard InChI is InChI=1S/C19H24N2O3/c1-24-19(23)17(21-18(22)10-13-6-2-3-7-13)11-14-12-20-16-9-5-4-8-15(14)16/h4-5,8-9,12-13,17,20H,2-3,6-7,10-11H2,1H3,(H,21,22). The van der Waals surface area contributed by atoms with Gasteiger partial charge in [0, 0.05) is 29.9 Å². The van der Waals surface area contributed by atoms with Crippen LogP contribution in [0.4, 0.5) is 0 Å². The largest absolute Gasteiger partial charge is 0.467 e. The van der Waals surface area contributed by atoms with Crippen molar-refractivity contribution < 1.29 is 14.3 Å². The number of ether oxygens (including phenoxy) is 1. The van der Waals surface area contributed by atoms with E-state index in [0.717, 1.165) is 29.3 Å². The molecule has 1 atom stereocenters. The Hall–Kier alpha value is -2.30. The van der Waals surface area contributed by atoms with Crippen molar-refractivity contribution in [3.8, 4) is 0 Å². The van der Waals surface area contributed by atoms with Gasteiger partial charge in [-0.25, -0.2) is 4.79 Å². The predicted molar refractivity (Wildman–Crippen MR) is 92.5 cm³/mol. The van der Waals surface area contributed by atoms with Gasteiger partial charge < -0.3 is 15.0 Å². The number of carbonyl (C=O) groups excluding carboxylic acids is 2. The molecule has 1 fully saturated rings. The number of nitrogens with one attached hydrogen (secondary N) is 2. The highest BCUT2D eigenvalue weighted by Gasteiger charge is 2.25. The van der Waals surface area contributed by atoms with Crippen LogP contribution < -0.4 is 5.32 Å². The first-order valence-corrected chi connectivity index (χ1v) is 8.59. The predicted octanol–water partition coefficient (Wildman–Crippen LogP) is 2.95. The Morgan fingerprint density at radius 3 is 2.79 bits per heavy atom. The summed E-state index contributed by atoms with van der Waals surface area (Å²) in [5.74, 6) is -0.00594. The molecule has 1 aliphatic rings. The van der Waals surface area contributed by atoms with Crippen LogP contribution in [0.1, 0.15) is 37.7 Å². The molecule has 1 unspecified atom stereocenters. The number of methoxy groups -OCH3 is 1. The number of para-hydroxylation sites is 1. The number of hydrogen-bond donors (Lipinski definition) is 2. The molecule has 1 aromatic heterocycles. The van der Waals surface area contributed by atoms with Crippen LogP contribution in [0.5, 0.6) is 0 Å². The molecule has 0 saturated heterocycles. The number of amides is 1. The minimum atomic E-state index is -0.650. The second kappa shape index (κ2) is 7.51. The number of benzene rings is 1. The number of hydrogen-bond acceptors (Lipinski definition) is 3. The molecule has 1 heterocycles. The zero-order valence-electron chi connectivity index (χ0n) is 14.0. The summed E-state index contributed by atoms with van der Waals surface area (Å²) in [7, 11) is 1.35. The Morgan fingerprint density at radius 1 is 1.29 bits per heavy atom. The molecule has 1 saturated carbocycles. The van der Waals surface area contributed by atoms with Crippen LogP contribution in [0, 0.1) is 5.92 Å². The lowest BCUT2D eigenvalue weighted by molar-refractivity contribution is -0.145. The van der Waals surface area contributed by atoms with Crippen LogP contribution in [-0.2, 0) is 20.7 Å². The van der Waals surface area contributed by atoms with Gasteiger partial charge in [0.25, 0.3) is 0 Å². The fraction of sp³-hybridized carbons (Fsp3) is 0.474. The van der Waals surface area contributed by atoms with Gasteiger partial charge in [0.15, 0.2) is 0 Å². The molecule has 2 N–H and O–H groups in total. The van der Waals surface area contributed by atoms with Crippen LogP contribution in [-0.4, -0.2) is 30.0 Å². The van der Waals surface area contributed by atoms with Crippen LogP contribution in [0.25, 0.3) is 10.9 Å². The van der Waals surface area contributed by atoms with Gasteiger partial charge >= 0.3 is 5.97 Å². The lowest BCUT2D eigenvalue weighted by Crippen LogP contribution is -2.43. The zero-order chi connectivity index (χ0) is 16.9. The Morgan fingerprint density at radius 2 is 2.04 bits per heavy atom. The second-order valence-electron chi connectivity index (χ2n) is 6.56. The lowest BCUT2D eigenvalue weighted by atomic mass is 10.0. The quantitative estimate of drug-likeness (QED) is 0.801. The number of fused-ring (bicyclic) bond motifs is 1. The minimum absolute atomic E-state index is 0.0582. The maximum Gasteiger partial charge on any atom is 0.328 e. The second-order valence-corrected chi connectivity index (χ2v) is 6.56. The number of H-pyrrole nitrogens is 1. The summed E-state index contributed by atoms with van der Waals surface area (Å²) in [5, 5.41) is 3.94. The van der Waals surface area contributed by atoms with E-state index in [4.69, 9.17) is 4.74 Å². The fourth-order valence-corrected chi connectivity index (χ4v) is 3.59. The molecule has 128 valence electrons. The third-order valence-corrected chi connectivity index (χ3v) is 4.87. The van der Waals surface area contributed by atoms with Crippen molar-refractivity contribution in [2.45, 2.75) is 44.6 Å². The van der Waals surface area contributed by atoms with Crippen LogP contribution in [0.2, 0.25) is 0 Å². The number of rotatable bonds is 6. The van der Waals surface area contributed by atoms with Gasteiger partial charge in [-0.2, -0.15) is 0 Å². The molecule has 5 heteroatoms. The van der Waals surface area contributed by atoms with E-state index in [2.05, 4.69) is 10.3 Å². The molecular weight excluding hydrogens is 304 g/mol. The van der Waals surface area contributed by atoms with E-state index in [9.17, 15) is 9.59 Å². The van der Waals surface area contributed by atoms with Crippen molar-refractivity contribution in [2.75, 3.05) is 7.11 Å². The summed E-state index contributed by atoms with van der Waals surface area (Å²) in [5.41, 5.74) is 2.02. The number of carbonyl (C=O) groups is 2. The van der Waals surface area contributed by atoms with E-state index in [1.54, 1.807) is 0 Å². The number of aromatic amines is 1. The summed E-state index contributed by atoms with van der Waals surface area (Å²) >= 11 is 0. The fourth-order valence-electron chi connectivity index (χ4n) is 3.59. The van der Waals surface area contributed by atoms with Crippen LogP contribution in [0.15, 0.2) is 30.5 Å². The van der Waals surface area contributed by atoms with Gasteiger partial charge in [-0.3, -0.25) is 4.79 Å². The van der Waals surface area contributed by atoms with Gasteiger partial charge in [0.05, 0.1) is 7.11 Å². The van der Waals surface area contributed by atoms with E-state index in [1.807, 2.05) is 30.5 Å². The Balaban J connectivity index is 1.69. The molecule has 0 spiro atoms. The maximum absolute atomic E-state index is 12.3. The maximum atomic E-state index is 12.3. The Bertz CT molecular complexity index is 716. The van der Waals surface area contributed by atoms with Crippen molar-refractivity contribution in [2.24, 2.45) is 5.92 Å². The lowest BCUT2D eigenvalue weighted by Gasteiger charge is -2.17. The van der Waals surface area contributed by atoms with Gasteiger partial charge in [-0.1, -0.05) is 31.0 Å². The van der Waals surface area contributed by atoms with Crippen molar-refractivity contribution in [1.29, 1.82) is 0 Å². The van der Waals surface area contributed by atoms with Crippen LogP contribution >= 0.6 is 0 Å². The van der Waals surface area contributed by atoms with Gasteiger partial charge in [-0.05, 0) is 30.4 Å². The van der Waals surface area contributed by atoms with E-state index >= 15 is 0 Å². The van der Waals surface area contributed by atoms with E-state index < -0.39 is 12.0 Å². The summed E-state index contributed by atoms with van der Waals surface area (Å²) in [6.07, 6.45) is 7.44. The van der Waals surface area contributed by atoms with Crippen molar-refractivity contribution in [3.05, 3.63) is 36.0 Å². The molecule has 0 radical (unpaired) electrons. The van der Waals surface area contributed by atoms with Gasteiger partial charge in [-0.15, -0.1) is 0 Å². The highest BCUT2D eigenvalue weighted by molar-refractivity contribution is 5.87. The topological polar surface area (TPSA) is 71.2 Å². The molecule has 0 bridgehead atoms. The summed E-state index contributed by atoms with van der Waals surface area (Å²) in [4.78, 5) is 27.6. The monoisotopic (exact) mass is 328 g/mol. The Kier molecular flexibility index (Phi) is 5.18. The van der Waals surface area contributed by atoms with Gasteiger partial charge in [0.2, 0.25) is 5.91 Å². The van der Waals surface area contributed by atoms with E-state index in [1.165, 1.54) is 20.0 Å². The smallest absolute Gasteiger partial charge is 0.328 e. The summed E-state index contributed by atoms with van der Waals surface area (Å²) in [6.45, 7) is 0. The zero-order valence-corrected chi connectivity index (χ0v) is 14.0. The highest BCUT2D eigenvalue weighted by atomic mass is 16.5. The van der Waals surface area contributed by atoms with E-state index in [-0.39, 0.29) is 5.91 Å². The molecule has 1 amide bonds. The molecular formula is C19H24N2O3. The number of aromatic nitrogens is 1. The van der Waals surface area contributed by atoms with E-state index in [0.29, 0.717) is 18.8 Å². The first-order chi connectivity index (χ1) is 11.7. The third kappa shape index (κ3) is 3.78. The summed E-state index contributed by atoms with van der Waals surface area (Å²) in [6, 6.07) is 7.28.